The van der Waals surface area contributed by atoms with E-state index >= 15 is 0 Å². The summed E-state index contributed by atoms with van der Waals surface area (Å²) in [5.74, 6) is -2.99. The zero-order chi connectivity index (χ0) is 38.3. The number of carbonyl (C=O) groups excluding carboxylic acids is 2. The number of urea groups is 1. The Bertz CT molecular complexity index is 1490. The average molecular weight is 713 g/mol. The molecule has 3 rings (SSSR count). The SMILES string of the molecule is CC[C@H]1OC(=O)[C@H](C)[C@@H](O)[C@H](C)[C@@H](O)[C@](C)(O)C[C@@H](C)CN(CCCN(CC#N)C(=O)NC(C)c2cccc3ccccc23)[C@H](C)[C@@H](O)[C@]1(C)O. The van der Waals surface area contributed by atoms with E-state index in [-0.39, 0.29) is 43.9 Å². The fourth-order valence-corrected chi connectivity index (χ4v) is 7.63. The highest BCUT2D eigenvalue weighted by Crippen LogP contribution is 2.33. The molecular weight excluding hydrogens is 652 g/mol. The predicted molar refractivity (Wildman–Crippen MR) is 195 cm³/mol. The first-order valence-electron chi connectivity index (χ1n) is 18.2. The highest BCUT2D eigenvalue weighted by Gasteiger charge is 2.47. The molecule has 11 atom stereocenters. The summed E-state index contributed by atoms with van der Waals surface area (Å²) in [4.78, 5) is 30.0. The largest absolute Gasteiger partial charge is 0.459 e. The Morgan fingerprint density at radius 3 is 2.37 bits per heavy atom. The van der Waals surface area contributed by atoms with E-state index in [4.69, 9.17) is 4.74 Å². The van der Waals surface area contributed by atoms with Gasteiger partial charge in [-0.05, 0) is 76.1 Å². The van der Waals surface area contributed by atoms with Gasteiger partial charge < -0.3 is 40.5 Å². The fourth-order valence-electron chi connectivity index (χ4n) is 7.63. The van der Waals surface area contributed by atoms with Crippen LogP contribution in [0.3, 0.4) is 0 Å². The van der Waals surface area contributed by atoms with Crippen molar-refractivity contribution in [1.29, 1.82) is 5.26 Å². The summed E-state index contributed by atoms with van der Waals surface area (Å²) in [5.41, 5.74) is -2.55. The van der Waals surface area contributed by atoms with E-state index in [0.29, 0.717) is 19.5 Å². The number of benzene rings is 2. The first-order chi connectivity index (χ1) is 23.9. The van der Waals surface area contributed by atoms with Crippen LogP contribution < -0.4 is 5.32 Å². The van der Waals surface area contributed by atoms with Crippen molar-refractivity contribution in [2.24, 2.45) is 17.8 Å². The molecule has 284 valence electrons. The van der Waals surface area contributed by atoms with Crippen LogP contribution in [0.2, 0.25) is 0 Å². The minimum Gasteiger partial charge on any atom is -0.459 e. The van der Waals surface area contributed by atoms with Crippen molar-refractivity contribution < 1.29 is 39.9 Å². The van der Waals surface area contributed by atoms with Crippen LogP contribution in [0.25, 0.3) is 10.8 Å². The molecule has 2 aromatic rings. The second-order valence-electron chi connectivity index (χ2n) is 15.2. The van der Waals surface area contributed by atoms with E-state index in [2.05, 4.69) is 11.4 Å². The van der Waals surface area contributed by atoms with E-state index in [0.717, 1.165) is 16.3 Å². The summed E-state index contributed by atoms with van der Waals surface area (Å²) in [6, 6.07) is 14.5. The van der Waals surface area contributed by atoms with Crippen molar-refractivity contribution in [3.63, 3.8) is 0 Å². The van der Waals surface area contributed by atoms with Gasteiger partial charge in [0.1, 0.15) is 24.4 Å². The zero-order valence-corrected chi connectivity index (χ0v) is 31.5. The number of nitriles is 1. The standard InChI is InChI=1S/C39H60N4O8/c1-9-32-39(8,50)35(46)28(6)43(23-24(2)22-38(7,49)34(45)25(3)33(44)26(4)36(47)51-32)20-13-19-42(21-18-40)37(48)41-27(5)30-17-12-15-29-14-10-11-16-31(29)30/h10-12,14-17,24-28,32-35,44-46,49-50H,9,13,19-23H2,1-8H3,(H,41,48)/t24-,25+,26-,27?,28-,32-,33+,34-,35-,38-,39-/m1/s1. The summed E-state index contributed by atoms with van der Waals surface area (Å²) in [5, 5.41) is 71.6. The molecule has 0 saturated carbocycles. The first kappa shape index (κ1) is 42.1. The van der Waals surface area contributed by atoms with Crippen LogP contribution in [0.5, 0.6) is 0 Å². The Morgan fingerprint density at radius 1 is 1.08 bits per heavy atom. The maximum Gasteiger partial charge on any atom is 0.318 e. The summed E-state index contributed by atoms with van der Waals surface area (Å²) < 4.78 is 5.68. The monoisotopic (exact) mass is 712 g/mol. The van der Waals surface area contributed by atoms with E-state index in [9.17, 15) is 40.4 Å². The van der Waals surface area contributed by atoms with Crippen LogP contribution in [0.4, 0.5) is 4.79 Å². The number of fused-ring (bicyclic) bond motifs is 1. The van der Waals surface area contributed by atoms with Gasteiger partial charge >= 0.3 is 12.0 Å². The average Bonchev–Trinajstić information content (AvgIpc) is 3.09. The van der Waals surface area contributed by atoms with Gasteiger partial charge in [0.25, 0.3) is 0 Å². The smallest absolute Gasteiger partial charge is 0.318 e. The Labute approximate surface area is 303 Å². The molecule has 2 aromatic carbocycles. The maximum absolute atomic E-state index is 13.5. The zero-order valence-electron chi connectivity index (χ0n) is 31.5. The molecule has 1 heterocycles. The molecule has 12 nitrogen and oxygen atoms in total. The van der Waals surface area contributed by atoms with Crippen molar-refractivity contribution in [3.05, 3.63) is 48.0 Å². The van der Waals surface area contributed by atoms with Crippen LogP contribution in [-0.4, -0.2) is 115 Å². The Hall–Kier alpha value is -3.31. The molecule has 0 spiro atoms. The second kappa shape index (κ2) is 17.9. The molecule has 6 N–H and O–H groups in total. The third kappa shape index (κ3) is 10.2. The summed E-state index contributed by atoms with van der Waals surface area (Å²) >= 11 is 0. The van der Waals surface area contributed by atoms with Crippen molar-refractivity contribution in [3.8, 4) is 6.07 Å². The fraction of sp³-hybridized carbons (Fsp3) is 0.667. The number of nitrogens with one attached hydrogen (secondary N) is 1. The number of ether oxygens (including phenoxy) is 1. The molecule has 51 heavy (non-hydrogen) atoms. The molecule has 1 unspecified atom stereocenters. The number of aliphatic hydroxyl groups excluding tert-OH is 3. The molecular formula is C39H60N4O8. The lowest BCUT2D eigenvalue weighted by molar-refractivity contribution is -0.193. The van der Waals surface area contributed by atoms with E-state index in [1.807, 2.05) is 61.2 Å². The second-order valence-corrected chi connectivity index (χ2v) is 15.2. The molecule has 0 aliphatic carbocycles. The van der Waals surface area contributed by atoms with Gasteiger partial charge in [0, 0.05) is 31.6 Å². The number of hydrogen-bond acceptors (Lipinski definition) is 10. The normalized spacial score (nSPS) is 33.7. The molecule has 12 heteroatoms. The summed E-state index contributed by atoms with van der Waals surface area (Å²) in [7, 11) is 0. The third-order valence-corrected chi connectivity index (χ3v) is 10.8. The molecule has 0 aromatic heterocycles. The number of aliphatic hydroxyl groups is 5. The molecule has 1 aliphatic rings. The lowest BCUT2D eigenvalue weighted by Gasteiger charge is -2.43. The van der Waals surface area contributed by atoms with Gasteiger partial charge in [-0.1, -0.05) is 63.2 Å². The van der Waals surface area contributed by atoms with Crippen LogP contribution in [-0.2, 0) is 9.53 Å². The van der Waals surface area contributed by atoms with Crippen LogP contribution >= 0.6 is 0 Å². The Morgan fingerprint density at radius 2 is 1.73 bits per heavy atom. The topological polar surface area (TPSA) is 187 Å². The molecule has 2 amide bonds. The number of nitrogens with zero attached hydrogens (tertiary/aromatic N) is 3. The molecule has 0 bridgehead atoms. The van der Waals surface area contributed by atoms with E-state index in [1.54, 1.807) is 20.8 Å². The molecule has 0 radical (unpaired) electrons. The molecule has 1 fully saturated rings. The molecule has 1 saturated heterocycles. The van der Waals surface area contributed by atoms with E-state index in [1.165, 1.54) is 25.7 Å². The number of esters is 1. The minimum atomic E-state index is -1.88. The Kier molecular flexibility index (Phi) is 14.8. The first-order valence-corrected chi connectivity index (χ1v) is 18.2. The van der Waals surface area contributed by atoms with E-state index < -0.39 is 59.5 Å². The van der Waals surface area contributed by atoms with Crippen molar-refractivity contribution >= 4 is 22.8 Å². The van der Waals surface area contributed by atoms with Gasteiger partial charge in [-0.2, -0.15) is 5.26 Å². The minimum absolute atomic E-state index is 0.131. The number of amides is 2. The lowest BCUT2D eigenvalue weighted by atomic mass is 9.78. The number of hydrogen-bond donors (Lipinski definition) is 6. The van der Waals surface area contributed by atoms with Gasteiger partial charge in [-0.3, -0.25) is 9.69 Å². The van der Waals surface area contributed by atoms with Gasteiger partial charge in [0.15, 0.2) is 0 Å². The summed E-state index contributed by atoms with van der Waals surface area (Å²) in [6.45, 7) is 14.0. The predicted octanol–water partition coefficient (Wildman–Crippen LogP) is 3.74. The van der Waals surface area contributed by atoms with Crippen molar-refractivity contribution in [2.75, 3.05) is 26.2 Å². The highest BCUT2D eigenvalue weighted by molar-refractivity contribution is 5.86. The molecule has 1 aliphatic heterocycles. The summed E-state index contributed by atoms with van der Waals surface area (Å²) in [6.07, 6.45) is -4.48. The third-order valence-electron chi connectivity index (χ3n) is 10.8. The van der Waals surface area contributed by atoms with Crippen LogP contribution in [0.1, 0.15) is 86.3 Å². The van der Waals surface area contributed by atoms with Gasteiger partial charge in [-0.25, -0.2) is 4.79 Å². The number of cyclic esters (lactones) is 1. The van der Waals surface area contributed by atoms with Gasteiger partial charge in [0.2, 0.25) is 0 Å². The maximum atomic E-state index is 13.5. The van der Waals surface area contributed by atoms with Crippen LogP contribution in [0.15, 0.2) is 42.5 Å². The van der Waals surface area contributed by atoms with Gasteiger partial charge in [0.05, 0.1) is 35.8 Å². The van der Waals surface area contributed by atoms with Crippen LogP contribution in [0, 0.1) is 29.1 Å². The highest BCUT2D eigenvalue weighted by atomic mass is 16.6. The lowest BCUT2D eigenvalue weighted by Crippen LogP contribution is -2.59. The van der Waals surface area contributed by atoms with Crippen molar-refractivity contribution in [2.45, 2.75) is 122 Å². The van der Waals surface area contributed by atoms with Gasteiger partial charge in [-0.15, -0.1) is 0 Å². The Balaban J connectivity index is 1.84. The quantitative estimate of drug-likeness (QED) is 0.174. The van der Waals surface area contributed by atoms with Crippen molar-refractivity contribution in [1.82, 2.24) is 15.1 Å². The number of rotatable bonds is 8. The number of carbonyl (C=O) groups is 2.